The summed E-state index contributed by atoms with van der Waals surface area (Å²) in [6, 6.07) is 8.56. The van der Waals surface area contributed by atoms with Gasteiger partial charge in [-0.3, -0.25) is 20.3 Å². The molecular weight excluding hydrogens is 537 g/mol. The number of carbonyl (C=O) groups excluding carboxylic acids is 2. The molecule has 0 aromatic heterocycles. The average Bonchev–Trinajstić information content (AvgIpc) is 2.86. The average molecular weight is 569 g/mol. The standard InChI is InChI=1S/C25H31Cl2N5O4S/c1-15-8-10-18(37(35,36)29-2)14-21(15)30-24(34)23(17-6-4-3-5-7-17)32-25(28)31-22(33)13-16-9-11-19(26)20(27)12-16/h8-12,14,17,23,29H,3-7,13H2,1-2H3,(H,30,34)(H3,28,31,32,33)/t23-/m1/s1. The van der Waals surface area contributed by atoms with Crippen LogP contribution in [0.15, 0.2) is 41.3 Å². The van der Waals surface area contributed by atoms with Gasteiger partial charge < -0.3 is 10.6 Å². The molecule has 5 N–H and O–H groups in total. The lowest BCUT2D eigenvalue weighted by molar-refractivity contribution is -0.120. The number of amides is 2. The van der Waals surface area contributed by atoms with Crippen molar-refractivity contribution in [1.29, 1.82) is 5.41 Å². The first-order valence-electron chi connectivity index (χ1n) is 11.9. The summed E-state index contributed by atoms with van der Waals surface area (Å²) < 4.78 is 26.7. The second kappa shape index (κ2) is 12.7. The molecular formula is C25H31Cl2N5O4S. The van der Waals surface area contributed by atoms with Crippen LogP contribution in [0.4, 0.5) is 5.69 Å². The van der Waals surface area contributed by atoms with Crippen LogP contribution in [0.1, 0.15) is 43.2 Å². The summed E-state index contributed by atoms with van der Waals surface area (Å²) in [5.74, 6) is -1.19. The fraction of sp³-hybridized carbons (Fsp3) is 0.400. The summed E-state index contributed by atoms with van der Waals surface area (Å²) in [6.45, 7) is 1.76. The predicted octanol–water partition coefficient (Wildman–Crippen LogP) is 3.98. The maximum atomic E-state index is 13.4. The van der Waals surface area contributed by atoms with Gasteiger partial charge in [-0.1, -0.05) is 54.6 Å². The van der Waals surface area contributed by atoms with Crippen molar-refractivity contribution in [2.45, 2.75) is 56.4 Å². The van der Waals surface area contributed by atoms with Crippen LogP contribution < -0.4 is 20.7 Å². The van der Waals surface area contributed by atoms with E-state index in [0.29, 0.717) is 26.9 Å². The largest absolute Gasteiger partial charge is 0.344 e. The summed E-state index contributed by atoms with van der Waals surface area (Å²) in [4.78, 5) is 25.9. The number of rotatable bonds is 8. The van der Waals surface area contributed by atoms with Crippen molar-refractivity contribution in [1.82, 2.24) is 15.4 Å². The van der Waals surface area contributed by atoms with Crippen molar-refractivity contribution in [2.75, 3.05) is 12.4 Å². The van der Waals surface area contributed by atoms with Crippen molar-refractivity contribution in [2.24, 2.45) is 5.92 Å². The van der Waals surface area contributed by atoms with Gasteiger partial charge in [0.05, 0.1) is 21.4 Å². The third-order valence-corrected chi connectivity index (χ3v) is 8.51. The Balaban J connectivity index is 1.73. The van der Waals surface area contributed by atoms with E-state index in [0.717, 1.165) is 32.1 Å². The van der Waals surface area contributed by atoms with Gasteiger partial charge in [-0.15, -0.1) is 0 Å². The molecule has 0 unspecified atom stereocenters. The Morgan fingerprint density at radius 1 is 1.05 bits per heavy atom. The number of aryl methyl sites for hydroxylation is 1. The fourth-order valence-electron chi connectivity index (χ4n) is 4.31. The molecule has 1 aliphatic rings. The molecule has 9 nitrogen and oxygen atoms in total. The zero-order valence-electron chi connectivity index (χ0n) is 20.7. The maximum absolute atomic E-state index is 13.4. The van der Waals surface area contributed by atoms with Crippen LogP contribution >= 0.6 is 23.2 Å². The molecule has 0 spiro atoms. The number of hydrogen-bond donors (Lipinski definition) is 5. The van der Waals surface area contributed by atoms with Crippen LogP contribution in [0, 0.1) is 18.3 Å². The lowest BCUT2D eigenvalue weighted by Crippen LogP contribution is -2.53. The van der Waals surface area contributed by atoms with E-state index in [1.165, 1.54) is 19.2 Å². The SMILES string of the molecule is CNS(=O)(=O)c1ccc(C)c(NC(=O)[C@H](NC(=N)NC(=O)Cc2ccc(Cl)c(Cl)c2)C2CCCCC2)c1. The Morgan fingerprint density at radius 2 is 1.76 bits per heavy atom. The highest BCUT2D eigenvalue weighted by Crippen LogP contribution is 2.28. The molecule has 2 amide bonds. The number of nitrogens with one attached hydrogen (secondary N) is 5. The highest BCUT2D eigenvalue weighted by Gasteiger charge is 2.31. The Morgan fingerprint density at radius 3 is 2.41 bits per heavy atom. The molecule has 200 valence electrons. The first kappa shape index (κ1) is 28.9. The van der Waals surface area contributed by atoms with Crippen LogP contribution in [-0.2, 0) is 26.0 Å². The molecule has 37 heavy (non-hydrogen) atoms. The first-order valence-corrected chi connectivity index (χ1v) is 14.2. The zero-order chi connectivity index (χ0) is 27.2. The second-order valence-electron chi connectivity index (χ2n) is 9.04. The molecule has 1 aliphatic carbocycles. The number of guanidine groups is 1. The third kappa shape index (κ3) is 7.91. The summed E-state index contributed by atoms with van der Waals surface area (Å²) >= 11 is 11.9. The van der Waals surface area contributed by atoms with Gasteiger partial charge in [0, 0.05) is 5.69 Å². The molecule has 0 bridgehead atoms. The quantitative estimate of drug-likeness (QED) is 0.242. The second-order valence-corrected chi connectivity index (χ2v) is 11.7. The molecule has 2 aromatic rings. The van der Waals surface area contributed by atoms with Gasteiger partial charge in [-0.25, -0.2) is 13.1 Å². The van der Waals surface area contributed by atoms with Gasteiger partial charge in [0.15, 0.2) is 5.96 Å². The minimum absolute atomic E-state index is 0.0207. The van der Waals surface area contributed by atoms with Crippen LogP contribution in [-0.4, -0.2) is 39.3 Å². The predicted molar refractivity (Wildman–Crippen MR) is 146 cm³/mol. The highest BCUT2D eigenvalue weighted by molar-refractivity contribution is 7.89. The normalized spacial score (nSPS) is 15.0. The van der Waals surface area contributed by atoms with E-state index < -0.39 is 27.9 Å². The lowest BCUT2D eigenvalue weighted by Gasteiger charge is -2.31. The van der Waals surface area contributed by atoms with E-state index in [1.54, 1.807) is 31.2 Å². The van der Waals surface area contributed by atoms with Crippen LogP contribution in [0.25, 0.3) is 0 Å². The molecule has 3 rings (SSSR count). The Hall–Kier alpha value is -2.66. The number of hydrogen-bond acceptors (Lipinski definition) is 5. The Bertz CT molecular complexity index is 1280. The summed E-state index contributed by atoms with van der Waals surface area (Å²) in [7, 11) is -2.37. The van der Waals surface area contributed by atoms with E-state index in [9.17, 15) is 18.0 Å². The molecule has 0 aliphatic heterocycles. The molecule has 12 heteroatoms. The summed E-state index contributed by atoms with van der Waals surface area (Å²) in [5, 5.41) is 17.2. The monoisotopic (exact) mass is 567 g/mol. The van der Waals surface area contributed by atoms with Gasteiger partial charge in [0.2, 0.25) is 21.8 Å². The first-order chi connectivity index (χ1) is 17.5. The van der Waals surface area contributed by atoms with Crippen molar-refractivity contribution in [3.8, 4) is 0 Å². The smallest absolute Gasteiger partial charge is 0.247 e. The van der Waals surface area contributed by atoms with Crippen LogP contribution in [0.2, 0.25) is 10.0 Å². The highest BCUT2D eigenvalue weighted by atomic mass is 35.5. The molecule has 1 atom stereocenters. The minimum atomic E-state index is -3.69. The Labute approximate surface area is 227 Å². The van der Waals surface area contributed by atoms with Gasteiger partial charge in [0.25, 0.3) is 0 Å². The molecule has 1 fully saturated rings. The number of benzene rings is 2. The van der Waals surface area contributed by atoms with E-state index >= 15 is 0 Å². The maximum Gasteiger partial charge on any atom is 0.247 e. The summed E-state index contributed by atoms with van der Waals surface area (Å²) in [5.41, 5.74) is 1.68. The van der Waals surface area contributed by atoms with Crippen molar-refractivity contribution in [3.63, 3.8) is 0 Å². The topological polar surface area (TPSA) is 140 Å². The van der Waals surface area contributed by atoms with Gasteiger partial charge in [-0.05, 0) is 68.1 Å². The van der Waals surface area contributed by atoms with Crippen LogP contribution in [0.5, 0.6) is 0 Å². The van der Waals surface area contributed by atoms with E-state index in [4.69, 9.17) is 28.6 Å². The molecule has 1 saturated carbocycles. The number of carbonyl (C=O) groups is 2. The van der Waals surface area contributed by atoms with Crippen LogP contribution in [0.3, 0.4) is 0 Å². The number of sulfonamides is 1. The molecule has 0 radical (unpaired) electrons. The van der Waals surface area contributed by atoms with Gasteiger partial charge in [-0.2, -0.15) is 0 Å². The summed E-state index contributed by atoms with van der Waals surface area (Å²) in [6.07, 6.45) is 4.56. The van der Waals surface area contributed by atoms with Gasteiger partial charge >= 0.3 is 0 Å². The molecule has 2 aromatic carbocycles. The Kier molecular flexibility index (Phi) is 9.94. The fourth-order valence-corrected chi connectivity index (χ4v) is 5.38. The van der Waals surface area contributed by atoms with Crippen molar-refractivity contribution >= 4 is 56.7 Å². The van der Waals surface area contributed by atoms with Crippen molar-refractivity contribution in [3.05, 3.63) is 57.6 Å². The molecule has 0 heterocycles. The van der Waals surface area contributed by atoms with E-state index in [-0.39, 0.29) is 23.2 Å². The van der Waals surface area contributed by atoms with Crippen molar-refractivity contribution < 1.29 is 18.0 Å². The number of halogens is 2. The van der Waals surface area contributed by atoms with E-state index in [1.807, 2.05) is 0 Å². The lowest BCUT2D eigenvalue weighted by atomic mass is 9.83. The third-order valence-electron chi connectivity index (χ3n) is 6.36. The van der Waals surface area contributed by atoms with E-state index in [2.05, 4.69) is 20.7 Å². The number of anilines is 1. The minimum Gasteiger partial charge on any atom is -0.344 e. The zero-order valence-corrected chi connectivity index (χ0v) is 23.0. The van der Waals surface area contributed by atoms with Gasteiger partial charge in [0.1, 0.15) is 6.04 Å². The molecule has 0 saturated heterocycles.